The van der Waals surface area contributed by atoms with Gasteiger partial charge in [-0.2, -0.15) is 0 Å². The second-order valence-corrected chi connectivity index (χ2v) is 7.45. The smallest absolute Gasteiger partial charge is 0.254 e. The molecule has 2 aromatic rings. The first kappa shape index (κ1) is 15.5. The highest BCUT2D eigenvalue weighted by atomic mass is 16.2. The van der Waals surface area contributed by atoms with E-state index in [1.807, 2.05) is 23.1 Å². The molecule has 0 aromatic carbocycles. The van der Waals surface area contributed by atoms with Crippen molar-refractivity contribution in [1.82, 2.24) is 19.9 Å². The minimum atomic E-state index is -0.120. The summed E-state index contributed by atoms with van der Waals surface area (Å²) in [6.45, 7) is 1.01. The van der Waals surface area contributed by atoms with E-state index in [0.29, 0.717) is 54.1 Å². The van der Waals surface area contributed by atoms with E-state index in [-0.39, 0.29) is 17.4 Å². The first-order chi connectivity index (χ1) is 12.7. The van der Waals surface area contributed by atoms with E-state index < -0.39 is 0 Å². The molecule has 3 heterocycles. The summed E-state index contributed by atoms with van der Waals surface area (Å²) in [7, 11) is 0. The van der Waals surface area contributed by atoms with E-state index in [2.05, 4.69) is 27.1 Å². The molecule has 26 heavy (non-hydrogen) atoms. The first-order valence-electron chi connectivity index (χ1n) is 9.19. The number of pyridine rings is 1. The molecular weight excluding hydrogens is 328 g/mol. The zero-order chi connectivity index (χ0) is 17.7. The molecule has 0 unspecified atom stereocenters. The van der Waals surface area contributed by atoms with Crippen molar-refractivity contribution in [2.45, 2.75) is 25.8 Å². The van der Waals surface area contributed by atoms with Gasteiger partial charge in [0.1, 0.15) is 5.69 Å². The highest BCUT2D eigenvalue weighted by Crippen LogP contribution is 2.44. The molecule has 1 aliphatic heterocycles. The molecule has 132 valence electrons. The Morgan fingerprint density at radius 3 is 2.88 bits per heavy atom. The number of aromatic nitrogens is 3. The Bertz CT molecular complexity index is 950. The summed E-state index contributed by atoms with van der Waals surface area (Å²) in [4.78, 5) is 39.1. The molecular formula is C20H20N4O2. The van der Waals surface area contributed by atoms with Gasteiger partial charge in [0.15, 0.2) is 5.82 Å². The number of rotatable bonds is 2. The highest BCUT2D eigenvalue weighted by molar-refractivity contribution is 5.80. The van der Waals surface area contributed by atoms with Crippen molar-refractivity contribution in [3.05, 3.63) is 58.2 Å². The number of hydrogen-bond donors (Lipinski definition) is 1. The number of amides is 1. The van der Waals surface area contributed by atoms with Crippen LogP contribution in [0.3, 0.4) is 0 Å². The minimum Gasteiger partial charge on any atom is -0.336 e. The monoisotopic (exact) mass is 348 g/mol. The van der Waals surface area contributed by atoms with Crippen LogP contribution in [0.5, 0.6) is 0 Å². The van der Waals surface area contributed by atoms with Crippen LogP contribution < -0.4 is 5.56 Å². The second-order valence-electron chi connectivity index (χ2n) is 7.45. The number of carbonyl (C=O) groups is 1. The number of nitrogens with zero attached hydrogens (tertiary/aromatic N) is 3. The molecule has 0 saturated heterocycles. The fourth-order valence-corrected chi connectivity index (χ4v) is 4.55. The predicted molar refractivity (Wildman–Crippen MR) is 96.1 cm³/mol. The summed E-state index contributed by atoms with van der Waals surface area (Å²) in [5.41, 5.74) is 1.91. The zero-order valence-electron chi connectivity index (χ0n) is 14.4. The van der Waals surface area contributed by atoms with Gasteiger partial charge in [-0.05, 0) is 43.2 Å². The van der Waals surface area contributed by atoms with Gasteiger partial charge in [0.2, 0.25) is 5.91 Å². The quantitative estimate of drug-likeness (QED) is 0.841. The van der Waals surface area contributed by atoms with Gasteiger partial charge in [-0.1, -0.05) is 18.2 Å². The van der Waals surface area contributed by atoms with Crippen LogP contribution in [0.25, 0.3) is 11.5 Å². The van der Waals surface area contributed by atoms with Gasteiger partial charge in [-0.3, -0.25) is 14.6 Å². The van der Waals surface area contributed by atoms with E-state index in [0.717, 1.165) is 12.8 Å². The van der Waals surface area contributed by atoms with Gasteiger partial charge in [0, 0.05) is 24.2 Å². The fraction of sp³-hybridized carbons (Fsp3) is 0.400. The van der Waals surface area contributed by atoms with Gasteiger partial charge in [0.05, 0.1) is 12.2 Å². The van der Waals surface area contributed by atoms with Crippen LogP contribution in [-0.2, 0) is 17.8 Å². The van der Waals surface area contributed by atoms with E-state index in [1.165, 1.54) is 0 Å². The summed E-state index contributed by atoms with van der Waals surface area (Å²) in [5, 5.41) is 0. The van der Waals surface area contributed by atoms with Crippen LogP contribution in [0, 0.1) is 17.8 Å². The maximum absolute atomic E-state index is 13.0. The molecule has 2 bridgehead atoms. The second kappa shape index (κ2) is 5.90. The predicted octanol–water partition coefficient (Wildman–Crippen LogP) is 1.93. The Kier molecular flexibility index (Phi) is 3.51. The summed E-state index contributed by atoms with van der Waals surface area (Å²) >= 11 is 0. The van der Waals surface area contributed by atoms with E-state index in [1.54, 1.807) is 6.20 Å². The van der Waals surface area contributed by atoms with Crippen molar-refractivity contribution in [2.75, 3.05) is 6.54 Å². The number of fused-ring (bicyclic) bond motifs is 3. The molecule has 2 aromatic heterocycles. The lowest BCUT2D eigenvalue weighted by molar-refractivity contribution is -0.137. The molecule has 2 aliphatic carbocycles. The summed E-state index contributed by atoms with van der Waals surface area (Å²) in [6.07, 6.45) is 8.76. The van der Waals surface area contributed by atoms with Crippen molar-refractivity contribution in [3.63, 3.8) is 0 Å². The Hall–Kier alpha value is -2.76. The Morgan fingerprint density at radius 1 is 1.23 bits per heavy atom. The summed E-state index contributed by atoms with van der Waals surface area (Å²) in [5.74, 6) is 1.75. The number of hydrogen-bond acceptors (Lipinski definition) is 4. The van der Waals surface area contributed by atoms with E-state index in [4.69, 9.17) is 0 Å². The maximum atomic E-state index is 13.0. The van der Waals surface area contributed by atoms with E-state index in [9.17, 15) is 9.59 Å². The van der Waals surface area contributed by atoms with Crippen molar-refractivity contribution in [2.24, 2.45) is 17.8 Å². The van der Waals surface area contributed by atoms with Gasteiger partial charge >= 0.3 is 0 Å². The van der Waals surface area contributed by atoms with Crippen molar-refractivity contribution in [3.8, 4) is 11.5 Å². The average Bonchev–Trinajstić information content (AvgIpc) is 3.31. The minimum absolute atomic E-state index is 0.101. The van der Waals surface area contributed by atoms with Crippen molar-refractivity contribution < 1.29 is 4.79 Å². The first-order valence-corrected chi connectivity index (χ1v) is 9.19. The third kappa shape index (κ3) is 2.48. The van der Waals surface area contributed by atoms with Gasteiger partial charge < -0.3 is 9.88 Å². The van der Waals surface area contributed by atoms with Crippen LogP contribution in [-0.4, -0.2) is 32.3 Å². The average molecular weight is 348 g/mol. The van der Waals surface area contributed by atoms with Crippen LogP contribution in [0.4, 0.5) is 0 Å². The Balaban J connectivity index is 1.43. The lowest BCUT2D eigenvalue weighted by atomic mass is 9.91. The normalized spacial score (nSPS) is 26.2. The molecule has 3 aliphatic rings. The summed E-state index contributed by atoms with van der Waals surface area (Å²) in [6, 6.07) is 5.50. The number of allylic oxidation sites excluding steroid dienone is 2. The van der Waals surface area contributed by atoms with Crippen LogP contribution in [0.15, 0.2) is 41.3 Å². The number of nitrogens with one attached hydrogen (secondary N) is 1. The standard InChI is InChI=1S/C20H20N4O2/c25-19-14-6-8-24(20(26)15-10-12-4-5-13(15)9-12)11-17(14)22-18(23-19)16-3-1-2-7-21-16/h1-5,7,12-13,15H,6,8-11H2,(H,22,23,25)/t12-,13+,15-/m1/s1. The highest BCUT2D eigenvalue weighted by Gasteiger charge is 2.42. The number of aromatic amines is 1. The van der Waals surface area contributed by atoms with Gasteiger partial charge in [-0.15, -0.1) is 0 Å². The third-order valence-electron chi connectivity index (χ3n) is 5.89. The molecule has 0 radical (unpaired) electrons. The van der Waals surface area contributed by atoms with Crippen LogP contribution in [0.2, 0.25) is 0 Å². The fourth-order valence-electron chi connectivity index (χ4n) is 4.55. The number of carbonyl (C=O) groups excluding carboxylic acids is 1. The molecule has 1 amide bonds. The van der Waals surface area contributed by atoms with Crippen LogP contribution >= 0.6 is 0 Å². The Labute approximate surface area is 151 Å². The number of H-pyrrole nitrogens is 1. The Morgan fingerprint density at radius 2 is 2.15 bits per heavy atom. The molecule has 1 saturated carbocycles. The summed E-state index contributed by atoms with van der Waals surface area (Å²) < 4.78 is 0. The molecule has 3 atom stereocenters. The molecule has 6 nitrogen and oxygen atoms in total. The third-order valence-corrected chi connectivity index (χ3v) is 5.89. The van der Waals surface area contributed by atoms with Crippen molar-refractivity contribution in [1.29, 1.82) is 0 Å². The topological polar surface area (TPSA) is 79.0 Å². The molecule has 5 rings (SSSR count). The van der Waals surface area contributed by atoms with Gasteiger partial charge in [0.25, 0.3) is 5.56 Å². The SMILES string of the molecule is O=C([C@@H]1C[C@@H]2C=C[C@H]1C2)N1CCc2c(nc(-c3ccccn3)[nH]c2=O)C1. The van der Waals surface area contributed by atoms with Crippen molar-refractivity contribution >= 4 is 5.91 Å². The molecule has 0 spiro atoms. The molecule has 6 heteroatoms. The molecule has 1 fully saturated rings. The maximum Gasteiger partial charge on any atom is 0.254 e. The lowest BCUT2D eigenvalue weighted by Gasteiger charge is -2.31. The van der Waals surface area contributed by atoms with E-state index >= 15 is 0 Å². The lowest BCUT2D eigenvalue weighted by Crippen LogP contribution is -2.43. The van der Waals surface area contributed by atoms with Gasteiger partial charge in [-0.25, -0.2) is 4.98 Å². The molecule has 1 N–H and O–H groups in total. The largest absolute Gasteiger partial charge is 0.336 e. The zero-order valence-corrected chi connectivity index (χ0v) is 14.4. The van der Waals surface area contributed by atoms with Crippen LogP contribution in [0.1, 0.15) is 24.1 Å².